The Bertz CT molecular complexity index is 456. The van der Waals surface area contributed by atoms with Gasteiger partial charge in [-0.15, -0.1) is 0 Å². The predicted octanol–water partition coefficient (Wildman–Crippen LogP) is 0.240. The fourth-order valence-corrected chi connectivity index (χ4v) is 5.21. The van der Waals surface area contributed by atoms with E-state index in [4.69, 9.17) is 0 Å². The summed E-state index contributed by atoms with van der Waals surface area (Å²) in [6.45, 7) is 5.13. The predicted molar refractivity (Wildman–Crippen MR) is 93.8 cm³/mol. The molecule has 1 N–H and O–H groups in total. The van der Waals surface area contributed by atoms with Crippen molar-refractivity contribution in [3.63, 3.8) is 0 Å². The maximum Gasteiger partial charge on any atom is 0.225 e. The van der Waals surface area contributed by atoms with Crippen molar-refractivity contribution in [3.05, 3.63) is 0 Å². The van der Waals surface area contributed by atoms with Crippen LogP contribution in [0, 0.1) is 17.8 Å². The van der Waals surface area contributed by atoms with Crippen molar-refractivity contribution in [1.29, 1.82) is 0 Å². The quantitative estimate of drug-likeness (QED) is 0.746. The number of carbonyl (C=O) groups is 2. The first kappa shape index (κ1) is 18.7. The van der Waals surface area contributed by atoms with E-state index >= 15 is 0 Å². The first-order chi connectivity index (χ1) is 12.1. The van der Waals surface area contributed by atoms with Crippen LogP contribution in [-0.4, -0.2) is 49.5 Å². The number of piperidine rings is 2. The molecule has 0 unspecified atom stereocenters. The number of rotatable bonds is 6. The maximum atomic E-state index is 12.8. The van der Waals surface area contributed by atoms with Gasteiger partial charge in [-0.2, -0.15) is 0 Å². The highest BCUT2D eigenvalue weighted by molar-refractivity contribution is 5.79. The Balaban J connectivity index is 1.56. The van der Waals surface area contributed by atoms with Crippen LogP contribution in [0.15, 0.2) is 0 Å². The Labute approximate surface area is 151 Å². The van der Waals surface area contributed by atoms with E-state index in [1.807, 2.05) is 0 Å². The molecule has 0 aromatic heterocycles. The van der Waals surface area contributed by atoms with Crippen LogP contribution < -0.4 is 10.0 Å². The minimum Gasteiger partial charge on any atom is -0.550 e. The van der Waals surface area contributed by atoms with E-state index in [-0.39, 0.29) is 18.3 Å². The molecule has 5 nitrogen and oxygen atoms in total. The fourth-order valence-electron chi connectivity index (χ4n) is 5.21. The van der Waals surface area contributed by atoms with Gasteiger partial charge < -0.3 is 19.7 Å². The number of carbonyl (C=O) groups excluding carboxylic acids is 2. The lowest BCUT2D eigenvalue weighted by atomic mass is 9.80. The minimum atomic E-state index is -0.934. The average Bonchev–Trinajstić information content (AvgIpc) is 3.15. The highest BCUT2D eigenvalue weighted by Crippen LogP contribution is 2.32. The number of nitrogens with zero attached hydrogens (tertiary/aromatic N) is 1. The summed E-state index contributed by atoms with van der Waals surface area (Å²) >= 11 is 0. The maximum absolute atomic E-state index is 12.8. The van der Waals surface area contributed by atoms with Gasteiger partial charge in [0.1, 0.15) is 0 Å². The molecule has 5 heteroatoms. The molecule has 0 bridgehead atoms. The number of nitrogens with one attached hydrogen (secondary N) is 1. The van der Waals surface area contributed by atoms with Crippen molar-refractivity contribution in [2.24, 2.45) is 17.8 Å². The van der Waals surface area contributed by atoms with Crippen molar-refractivity contribution in [1.82, 2.24) is 4.90 Å². The Morgan fingerprint density at radius 3 is 2.36 bits per heavy atom. The van der Waals surface area contributed by atoms with Crippen LogP contribution >= 0.6 is 0 Å². The molecule has 142 valence electrons. The molecule has 1 saturated carbocycles. The molecular weight excluding hydrogens is 316 g/mol. The number of carboxylic acids is 1. The number of aliphatic carboxylic acids is 1. The van der Waals surface area contributed by atoms with Crippen LogP contribution in [0.1, 0.15) is 64.2 Å². The zero-order chi connectivity index (χ0) is 17.6. The summed E-state index contributed by atoms with van der Waals surface area (Å²) in [4.78, 5) is 27.6. The molecule has 0 spiro atoms. The van der Waals surface area contributed by atoms with Gasteiger partial charge in [0.25, 0.3) is 0 Å². The Hall–Kier alpha value is -1.10. The highest BCUT2D eigenvalue weighted by atomic mass is 16.4. The molecule has 3 rings (SSSR count). The molecule has 2 heterocycles. The van der Waals surface area contributed by atoms with Crippen LogP contribution in [-0.2, 0) is 9.59 Å². The van der Waals surface area contributed by atoms with E-state index in [9.17, 15) is 14.7 Å². The first-order valence-electron chi connectivity index (χ1n) is 10.5. The second kappa shape index (κ2) is 9.02. The van der Waals surface area contributed by atoms with Crippen molar-refractivity contribution >= 4 is 11.9 Å². The minimum absolute atomic E-state index is 0.158. The van der Waals surface area contributed by atoms with Gasteiger partial charge in [0, 0.05) is 31.4 Å². The van der Waals surface area contributed by atoms with E-state index in [0.717, 1.165) is 45.3 Å². The molecule has 0 radical (unpaired) electrons. The lowest BCUT2D eigenvalue weighted by molar-refractivity contribution is -0.905. The third kappa shape index (κ3) is 5.19. The van der Waals surface area contributed by atoms with Crippen molar-refractivity contribution in [3.8, 4) is 0 Å². The Kier molecular flexibility index (Phi) is 6.74. The van der Waals surface area contributed by atoms with E-state index in [0.29, 0.717) is 11.8 Å². The van der Waals surface area contributed by atoms with Crippen LogP contribution in [0.4, 0.5) is 0 Å². The van der Waals surface area contributed by atoms with E-state index in [2.05, 4.69) is 4.90 Å². The second-order valence-corrected chi connectivity index (χ2v) is 8.50. The summed E-state index contributed by atoms with van der Waals surface area (Å²) in [6.07, 6.45) is 10.5. The fraction of sp³-hybridized carbons (Fsp3) is 0.900. The van der Waals surface area contributed by atoms with Gasteiger partial charge in [-0.25, -0.2) is 0 Å². The zero-order valence-corrected chi connectivity index (χ0v) is 15.5. The molecule has 3 aliphatic rings. The van der Waals surface area contributed by atoms with Gasteiger partial charge in [-0.3, -0.25) is 4.79 Å². The Morgan fingerprint density at radius 1 is 0.960 bits per heavy atom. The van der Waals surface area contributed by atoms with Crippen molar-refractivity contribution in [2.75, 3.05) is 32.7 Å². The van der Waals surface area contributed by atoms with Gasteiger partial charge in [0.2, 0.25) is 5.91 Å². The molecule has 2 saturated heterocycles. The molecular formula is C20H34N2O3. The van der Waals surface area contributed by atoms with Crippen LogP contribution in [0.5, 0.6) is 0 Å². The number of hydrogen-bond donors (Lipinski definition) is 1. The monoisotopic (exact) mass is 350 g/mol. The SMILES string of the molecule is O=C([O-])C[C@@H]1CCN(C(=O)C2CCCC2)C[C@@H]1CC[NH+]1CCCCC1. The summed E-state index contributed by atoms with van der Waals surface area (Å²) in [7, 11) is 0. The normalized spacial score (nSPS) is 29.0. The smallest absolute Gasteiger partial charge is 0.225 e. The molecule has 1 amide bonds. The lowest BCUT2D eigenvalue weighted by Gasteiger charge is -2.40. The lowest BCUT2D eigenvalue weighted by Crippen LogP contribution is -3.12. The van der Waals surface area contributed by atoms with Gasteiger partial charge in [0.15, 0.2) is 0 Å². The molecule has 3 fully saturated rings. The molecule has 0 aromatic rings. The third-order valence-corrected chi connectivity index (χ3v) is 6.77. The zero-order valence-electron chi connectivity index (χ0n) is 15.5. The number of likely N-dealkylation sites (tertiary alicyclic amines) is 2. The summed E-state index contributed by atoms with van der Waals surface area (Å²) in [5, 5.41) is 11.1. The molecule has 25 heavy (non-hydrogen) atoms. The van der Waals surface area contributed by atoms with Gasteiger partial charge >= 0.3 is 0 Å². The van der Waals surface area contributed by atoms with Crippen molar-refractivity contribution < 1.29 is 19.6 Å². The van der Waals surface area contributed by atoms with Crippen LogP contribution in [0.2, 0.25) is 0 Å². The average molecular weight is 351 g/mol. The number of amides is 1. The molecule has 0 aromatic carbocycles. The van der Waals surface area contributed by atoms with E-state index in [1.165, 1.54) is 45.2 Å². The van der Waals surface area contributed by atoms with Crippen molar-refractivity contribution in [2.45, 2.75) is 64.2 Å². The molecule has 2 atom stereocenters. The number of carboxylic acid groups (broad SMARTS) is 1. The molecule has 2 aliphatic heterocycles. The van der Waals surface area contributed by atoms with Crippen LogP contribution in [0.3, 0.4) is 0 Å². The molecule has 1 aliphatic carbocycles. The largest absolute Gasteiger partial charge is 0.550 e. The highest BCUT2D eigenvalue weighted by Gasteiger charge is 2.35. The summed E-state index contributed by atoms with van der Waals surface area (Å²) in [5.74, 6) is 0.134. The van der Waals surface area contributed by atoms with Gasteiger partial charge in [-0.05, 0) is 56.8 Å². The van der Waals surface area contributed by atoms with Gasteiger partial charge in [-0.1, -0.05) is 12.8 Å². The first-order valence-corrected chi connectivity index (χ1v) is 10.5. The van der Waals surface area contributed by atoms with E-state index < -0.39 is 5.97 Å². The third-order valence-electron chi connectivity index (χ3n) is 6.77. The topological polar surface area (TPSA) is 64.9 Å². The van der Waals surface area contributed by atoms with E-state index in [1.54, 1.807) is 4.90 Å². The number of quaternary nitrogens is 1. The Morgan fingerprint density at radius 2 is 1.68 bits per heavy atom. The second-order valence-electron chi connectivity index (χ2n) is 8.50. The van der Waals surface area contributed by atoms with Crippen LogP contribution in [0.25, 0.3) is 0 Å². The standard InChI is InChI=1S/C20H34N2O3/c23-19(24)14-17-9-13-22(20(25)16-6-2-3-7-16)15-18(17)8-12-21-10-4-1-5-11-21/h16-18H,1-15H2,(H,23,24)/t17-,18-/m0/s1. The summed E-state index contributed by atoms with van der Waals surface area (Å²) in [6, 6.07) is 0. The summed E-state index contributed by atoms with van der Waals surface area (Å²) in [5.41, 5.74) is 0. The van der Waals surface area contributed by atoms with Gasteiger partial charge in [0.05, 0.1) is 19.6 Å². The summed E-state index contributed by atoms with van der Waals surface area (Å²) < 4.78 is 0. The number of hydrogen-bond acceptors (Lipinski definition) is 3.